The number of amidine groups is 1. The monoisotopic (exact) mass is 209 g/mol. The van der Waals surface area contributed by atoms with Gasteiger partial charge < -0.3 is 9.84 Å². The standard InChI is InChI=1S/C7H13F2N3O2/c1-4(2)12-6(14-5(8)9)10-11(3)7(12)13/h4-5,7,13H,1-3H3. The van der Waals surface area contributed by atoms with E-state index in [9.17, 15) is 13.9 Å². The summed E-state index contributed by atoms with van der Waals surface area (Å²) in [6, 6.07) is -0.433. The minimum atomic E-state index is -2.94. The molecule has 5 nitrogen and oxygen atoms in total. The van der Waals surface area contributed by atoms with Gasteiger partial charge in [0.15, 0.2) is 0 Å². The predicted octanol–water partition coefficient (Wildman–Crippen LogP) is 0.428. The largest absolute Gasteiger partial charge is 0.401 e. The molecule has 1 aliphatic rings. The molecule has 82 valence electrons. The summed E-state index contributed by atoms with van der Waals surface area (Å²) in [6.45, 7) is 0.549. The zero-order chi connectivity index (χ0) is 10.9. The van der Waals surface area contributed by atoms with Crippen molar-refractivity contribution in [3.8, 4) is 0 Å². The molecule has 1 atom stereocenters. The maximum absolute atomic E-state index is 11.9. The summed E-state index contributed by atoms with van der Waals surface area (Å²) < 4.78 is 28.1. The molecule has 0 aromatic heterocycles. The van der Waals surface area contributed by atoms with E-state index in [1.807, 2.05) is 0 Å². The summed E-state index contributed by atoms with van der Waals surface area (Å²) in [5, 5.41) is 14.3. The Hall–Kier alpha value is -1.11. The molecule has 0 fully saturated rings. The zero-order valence-electron chi connectivity index (χ0n) is 8.19. The lowest BCUT2D eigenvalue weighted by molar-refractivity contribution is -0.0929. The lowest BCUT2D eigenvalue weighted by Gasteiger charge is -2.28. The fourth-order valence-corrected chi connectivity index (χ4v) is 1.17. The summed E-state index contributed by atoms with van der Waals surface area (Å²) in [6.07, 6.45) is -1.05. The first-order valence-electron chi connectivity index (χ1n) is 4.16. The van der Waals surface area contributed by atoms with Crippen LogP contribution in [0, 0.1) is 0 Å². The fourth-order valence-electron chi connectivity index (χ4n) is 1.17. The van der Waals surface area contributed by atoms with Crippen LogP contribution >= 0.6 is 0 Å². The Morgan fingerprint density at radius 1 is 1.50 bits per heavy atom. The van der Waals surface area contributed by atoms with Crippen LogP contribution in [0.3, 0.4) is 0 Å². The van der Waals surface area contributed by atoms with Crippen molar-refractivity contribution in [2.45, 2.75) is 32.9 Å². The third-order valence-electron chi connectivity index (χ3n) is 1.80. The van der Waals surface area contributed by atoms with Gasteiger partial charge in [-0.1, -0.05) is 0 Å². The highest BCUT2D eigenvalue weighted by atomic mass is 19.3. The Kier molecular flexibility index (Phi) is 3.10. The lowest BCUT2D eigenvalue weighted by atomic mass is 10.3. The average molecular weight is 209 g/mol. The molecule has 0 aromatic rings. The van der Waals surface area contributed by atoms with Gasteiger partial charge in [-0.15, -0.1) is 5.10 Å². The maximum Gasteiger partial charge on any atom is 0.389 e. The Morgan fingerprint density at radius 2 is 2.07 bits per heavy atom. The van der Waals surface area contributed by atoms with Crippen molar-refractivity contribution in [1.29, 1.82) is 0 Å². The van der Waals surface area contributed by atoms with Gasteiger partial charge in [-0.2, -0.15) is 8.78 Å². The summed E-state index contributed by atoms with van der Waals surface area (Å²) in [5.41, 5.74) is 0. The van der Waals surface area contributed by atoms with Crippen LogP contribution in [0.2, 0.25) is 0 Å². The van der Waals surface area contributed by atoms with E-state index in [0.717, 1.165) is 5.01 Å². The molecule has 0 bridgehead atoms. The highest BCUT2D eigenvalue weighted by molar-refractivity contribution is 5.75. The van der Waals surface area contributed by atoms with Gasteiger partial charge in [-0.05, 0) is 13.8 Å². The number of alkyl halides is 2. The summed E-state index contributed by atoms with van der Waals surface area (Å²) in [7, 11) is 1.47. The predicted molar refractivity (Wildman–Crippen MR) is 45.3 cm³/mol. The molecule has 0 spiro atoms. The molecule has 1 N–H and O–H groups in total. The Labute approximate surface area is 80.5 Å². The van der Waals surface area contributed by atoms with E-state index in [0.29, 0.717) is 0 Å². The molecule has 0 aliphatic carbocycles. The third-order valence-corrected chi connectivity index (χ3v) is 1.80. The quantitative estimate of drug-likeness (QED) is 0.716. The number of hydrazone groups is 1. The van der Waals surface area contributed by atoms with Gasteiger partial charge in [-0.3, -0.25) is 4.90 Å². The molecule has 0 saturated heterocycles. The van der Waals surface area contributed by atoms with Gasteiger partial charge in [-0.25, -0.2) is 5.01 Å². The number of hydrogen-bond donors (Lipinski definition) is 1. The molecule has 0 saturated carbocycles. The zero-order valence-corrected chi connectivity index (χ0v) is 8.19. The van der Waals surface area contributed by atoms with Gasteiger partial charge in [0, 0.05) is 13.1 Å². The molecule has 1 heterocycles. The maximum atomic E-state index is 11.9. The first kappa shape index (κ1) is 11.0. The van der Waals surface area contributed by atoms with Gasteiger partial charge >= 0.3 is 12.6 Å². The van der Waals surface area contributed by atoms with E-state index in [1.165, 1.54) is 11.9 Å². The number of rotatable bonds is 2. The van der Waals surface area contributed by atoms with E-state index in [4.69, 9.17) is 0 Å². The van der Waals surface area contributed by atoms with Crippen LogP contribution in [0.25, 0.3) is 0 Å². The third kappa shape index (κ3) is 2.03. The van der Waals surface area contributed by atoms with Crippen LogP contribution in [0.1, 0.15) is 13.8 Å². The molecule has 14 heavy (non-hydrogen) atoms. The summed E-state index contributed by atoms with van der Waals surface area (Å²) in [5.74, 6) is 0. The highest BCUT2D eigenvalue weighted by Crippen LogP contribution is 2.18. The average Bonchev–Trinajstić information content (AvgIpc) is 2.26. The van der Waals surface area contributed by atoms with Crippen molar-refractivity contribution < 1.29 is 18.6 Å². The fraction of sp³-hybridized carbons (Fsp3) is 0.857. The Bertz CT molecular complexity index is 235. The van der Waals surface area contributed by atoms with Gasteiger partial charge in [0.05, 0.1) is 0 Å². The van der Waals surface area contributed by atoms with Gasteiger partial charge in [0.25, 0.3) is 0 Å². The molecule has 0 amide bonds. The van der Waals surface area contributed by atoms with Crippen molar-refractivity contribution >= 4 is 6.02 Å². The van der Waals surface area contributed by atoms with E-state index in [1.54, 1.807) is 13.8 Å². The lowest BCUT2D eigenvalue weighted by Crippen LogP contribution is -2.45. The molecule has 1 unspecified atom stereocenters. The van der Waals surface area contributed by atoms with Gasteiger partial charge in [0.1, 0.15) is 0 Å². The first-order valence-corrected chi connectivity index (χ1v) is 4.16. The Balaban J connectivity index is 2.75. The second-order valence-corrected chi connectivity index (χ2v) is 3.18. The number of aliphatic hydroxyl groups excluding tert-OH is 1. The van der Waals surface area contributed by atoms with Crippen LogP contribution in [-0.2, 0) is 4.74 Å². The number of aliphatic hydroxyl groups is 1. The van der Waals surface area contributed by atoms with E-state index in [-0.39, 0.29) is 12.1 Å². The SMILES string of the molecule is CC(C)N1C(OC(F)F)=NN(C)C1O. The highest BCUT2D eigenvalue weighted by Gasteiger charge is 2.34. The van der Waals surface area contributed by atoms with Gasteiger partial charge in [0.2, 0.25) is 6.35 Å². The number of hydrogen-bond acceptors (Lipinski definition) is 5. The first-order chi connectivity index (χ1) is 6.43. The van der Waals surface area contributed by atoms with Crippen molar-refractivity contribution in [3.05, 3.63) is 0 Å². The van der Waals surface area contributed by atoms with E-state index in [2.05, 4.69) is 9.84 Å². The molecule has 1 rings (SSSR count). The minimum Gasteiger partial charge on any atom is -0.401 e. The molecule has 0 radical (unpaired) electrons. The second-order valence-electron chi connectivity index (χ2n) is 3.18. The van der Waals surface area contributed by atoms with E-state index >= 15 is 0 Å². The summed E-state index contributed by atoms with van der Waals surface area (Å²) in [4.78, 5) is 1.26. The second kappa shape index (κ2) is 3.95. The molecule has 0 aromatic carbocycles. The van der Waals surface area contributed by atoms with Crippen LogP contribution in [-0.4, -0.2) is 47.1 Å². The Morgan fingerprint density at radius 3 is 2.50 bits per heavy atom. The summed E-state index contributed by atoms with van der Waals surface area (Å²) >= 11 is 0. The van der Waals surface area contributed by atoms with Crippen LogP contribution in [0.15, 0.2) is 5.10 Å². The molecule has 7 heteroatoms. The van der Waals surface area contributed by atoms with E-state index < -0.39 is 13.0 Å². The van der Waals surface area contributed by atoms with Crippen molar-refractivity contribution in [2.75, 3.05) is 7.05 Å². The van der Waals surface area contributed by atoms with Crippen molar-refractivity contribution in [1.82, 2.24) is 9.91 Å². The van der Waals surface area contributed by atoms with Crippen LogP contribution < -0.4 is 0 Å². The number of ether oxygens (including phenoxy) is 1. The van der Waals surface area contributed by atoms with Crippen LogP contribution in [0.4, 0.5) is 8.78 Å². The van der Waals surface area contributed by atoms with Crippen LogP contribution in [0.5, 0.6) is 0 Å². The number of nitrogens with zero attached hydrogens (tertiary/aromatic N) is 3. The molecule has 1 aliphatic heterocycles. The van der Waals surface area contributed by atoms with Crippen molar-refractivity contribution in [3.63, 3.8) is 0 Å². The minimum absolute atomic E-state index is 0.174. The molecular formula is C7H13F2N3O2. The topological polar surface area (TPSA) is 48.3 Å². The number of halogens is 2. The normalized spacial score (nSPS) is 22.3. The molecular weight excluding hydrogens is 196 g/mol. The van der Waals surface area contributed by atoms with Crippen molar-refractivity contribution in [2.24, 2.45) is 5.10 Å². The smallest absolute Gasteiger partial charge is 0.389 e.